The predicted molar refractivity (Wildman–Crippen MR) is 159 cm³/mol. The number of nitrogens with zero attached hydrogens (tertiary/aromatic N) is 4. The third kappa shape index (κ3) is 8.04. The number of carbonyl (C=O) groups excluding carboxylic acids is 2. The van der Waals surface area contributed by atoms with Gasteiger partial charge in [-0.1, -0.05) is 41.7 Å². The van der Waals surface area contributed by atoms with E-state index in [1.54, 1.807) is 27.7 Å². The Hall–Kier alpha value is -3.56. The van der Waals surface area contributed by atoms with Crippen molar-refractivity contribution in [1.29, 1.82) is 0 Å². The number of anilines is 1. The molecule has 1 aliphatic heterocycles. The number of hydrogen-bond acceptors (Lipinski definition) is 11. The first-order valence-corrected chi connectivity index (χ1v) is 16.2. The molecule has 2 unspecified atom stereocenters. The molecule has 1 aliphatic rings. The molecule has 2 N–H and O–H groups in total. The molecule has 2 atom stereocenters. The highest BCUT2D eigenvalue weighted by molar-refractivity contribution is 7.85. The van der Waals surface area contributed by atoms with E-state index < -0.39 is 46.1 Å². The fourth-order valence-corrected chi connectivity index (χ4v) is 5.91. The van der Waals surface area contributed by atoms with Crippen molar-refractivity contribution in [1.82, 2.24) is 25.2 Å². The van der Waals surface area contributed by atoms with E-state index >= 15 is 0 Å². The number of amides is 2. The monoisotopic (exact) mass is 620 g/mol. The van der Waals surface area contributed by atoms with E-state index in [4.69, 9.17) is 8.92 Å². The molecule has 0 bridgehead atoms. The molecule has 0 aliphatic carbocycles. The number of thiazole rings is 1. The lowest BCUT2D eigenvalue weighted by Crippen LogP contribution is -2.43. The first-order chi connectivity index (χ1) is 19.7. The summed E-state index contributed by atoms with van der Waals surface area (Å²) >= 11 is 1.15. The molecular weight excluding hydrogens is 584 g/mol. The highest BCUT2D eigenvalue weighted by Gasteiger charge is 2.33. The molecule has 3 aromatic rings. The number of alkyl carbamates (subject to hydrolysis) is 1. The van der Waals surface area contributed by atoms with Crippen molar-refractivity contribution in [2.24, 2.45) is 0 Å². The molecule has 0 saturated carbocycles. The van der Waals surface area contributed by atoms with Gasteiger partial charge >= 0.3 is 6.09 Å². The molecule has 0 spiro atoms. The summed E-state index contributed by atoms with van der Waals surface area (Å²) in [5.74, 6) is -0.0738. The number of benzene rings is 1. The van der Waals surface area contributed by atoms with Gasteiger partial charge in [-0.05, 0) is 46.1 Å². The molecule has 2 amide bonds. The highest BCUT2D eigenvalue weighted by Crippen LogP contribution is 2.32. The summed E-state index contributed by atoms with van der Waals surface area (Å²) in [6.07, 6.45) is 1.65. The normalized spacial score (nSPS) is 16.4. The summed E-state index contributed by atoms with van der Waals surface area (Å²) in [6, 6.07) is 8.51. The lowest BCUT2D eigenvalue weighted by Gasteiger charge is -2.23. The van der Waals surface area contributed by atoms with Crippen LogP contribution in [0.5, 0.6) is 0 Å². The Kier molecular flexibility index (Phi) is 9.53. The van der Waals surface area contributed by atoms with Gasteiger partial charge in [-0.15, -0.1) is 0 Å². The standard InChI is InChI=1S/C27H36N6O7S2/c1-17(14-29-26(36)40-27(2,3)4)33-20(16-39-42(5,37)38)30-23-21(24(33)35)31-25(41-23)32-13-9-12-19(32)22(34)28-15-18-10-7-6-8-11-18/h6-8,10-11,17,19H,9,12-16H2,1-5H3,(H,28,34)(H,29,36). The van der Waals surface area contributed by atoms with Gasteiger partial charge in [0.1, 0.15) is 24.1 Å². The second-order valence-electron chi connectivity index (χ2n) is 11.1. The number of hydrogen-bond donors (Lipinski definition) is 2. The first-order valence-electron chi connectivity index (χ1n) is 13.5. The van der Waals surface area contributed by atoms with Gasteiger partial charge < -0.3 is 20.3 Å². The minimum Gasteiger partial charge on any atom is -0.444 e. The molecular formula is C27H36N6O7S2. The Labute approximate surface area is 248 Å². The van der Waals surface area contributed by atoms with E-state index in [2.05, 4.69) is 20.6 Å². The molecule has 1 saturated heterocycles. The first kappa shape index (κ1) is 31.4. The van der Waals surface area contributed by atoms with Crippen LogP contribution in [0.25, 0.3) is 10.3 Å². The van der Waals surface area contributed by atoms with Crippen molar-refractivity contribution in [3.63, 3.8) is 0 Å². The van der Waals surface area contributed by atoms with E-state index in [0.717, 1.165) is 29.6 Å². The van der Waals surface area contributed by atoms with Crippen LogP contribution in [0.3, 0.4) is 0 Å². The van der Waals surface area contributed by atoms with Gasteiger partial charge in [0.25, 0.3) is 15.7 Å². The molecule has 1 aromatic carbocycles. The number of nitrogens with one attached hydrogen (secondary N) is 2. The minimum absolute atomic E-state index is 0.000655. The molecule has 13 nitrogen and oxygen atoms in total. The lowest BCUT2D eigenvalue weighted by molar-refractivity contribution is -0.122. The fraction of sp³-hybridized carbons (Fsp3) is 0.519. The van der Waals surface area contributed by atoms with Crippen LogP contribution in [0.1, 0.15) is 58.0 Å². The van der Waals surface area contributed by atoms with Crippen molar-refractivity contribution in [3.8, 4) is 0 Å². The van der Waals surface area contributed by atoms with Crippen LogP contribution in [0.4, 0.5) is 9.93 Å². The van der Waals surface area contributed by atoms with E-state index in [1.807, 2.05) is 35.2 Å². The largest absolute Gasteiger partial charge is 0.444 e. The maximum Gasteiger partial charge on any atom is 0.407 e. The van der Waals surface area contributed by atoms with E-state index in [1.165, 1.54) is 4.57 Å². The van der Waals surface area contributed by atoms with Gasteiger partial charge in [0.15, 0.2) is 15.5 Å². The van der Waals surface area contributed by atoms with Crippen molar-refractivity contribution in [2.45, 2.75) is 71.4 Å². The lowest BCUT2D eigenvalue weighted by atomic mass is 10.2. The summed E-state index contributed by atoms with van der Waals surface area (Å²) in [4.78, 5) is 50.3. The second kappa shape index (κ2) is 12.8. The quantitative estimate of drug-likeness (QED) is 0.322. The fourth-order valence-electron chi connectivity index (χ4n) is 4.57. The SMILES string of the molecule is CC(CNC(=O)OC(C)(C)C)n1c(COS(C)(=O)=O)nc2sc(N3CCCC3C(=O)NCc3ccccc3)nc2c1=O. The van der Waals surface area contributed by atoms with Gasteiger partial charge in [0.05, 0.1) is 12.3 Å². The van der Waals surface area contributed by atoms with Crippen molar-refractivity contribution in [2.75, 3.05) is 24.2 Å². The summed E-state index contributed by atoms with van der Waals surface area (Å²) in [5.41, 5.74) is -0.156. The van der Waals surface area contributed by atoms with Crippen LogP contribution in [0, 0.1) is 0 Å². The molecule has 42 heavy (non-hydrogen) atoms. The van der Waals surface area contributed by atoms with Crippen molar-refractivity contribution >= 4 is 48.9 Å². The van der Waals surface area contributed by atoms with Crippen molar-refractivity contribution in [3.05, 3.63) is 52.1 Å². The number of aromatic nitrogens is 3. The number of fused-ring (bicyclic) bond motifs is 1. The Morgan fingerprint density at radius 2 is 1.88 bits per heavy atom. The zero-order valence-corrected chi connectivity index (χ0v) is 25.9. The van der Waals surface area contributed by atoms with Gasteiger partial charge in [-0.25, -0.2) is 14.8 Å². The summed E-state index contributed by atoms with van der Waals surface area (Å²) in [6.45, 7) is 7.37. The Morgan fingerprint density at radius 1 is 1.17 bits per heavy atom. The Balaban J connectivity index is 1.61. The highest BCUT2D eigenvalue weighted by atomic mass is 32.2. The van der Waals surface area contributed by atoms with Crippen LogP contribution < -0.4 is 21.1 Å². The zero-order chi connectivity index (χ0) is 30.7. The molecule has 1 fully saturated rings. The topological polar surface area (TPSA) is 162 Å². The van der Waals surface area contributed by atoms with E-state index in [-0.39, 0.29) is 23.8 Å². The third-order valence-corrected chi connectivity index (χ3v) is 7.95. The summed E-state index contributed by atoms with van der Waals surface area (Å²) in [7, 11) is -3.84. The maximum absolute atomic E-state index is 13.7. The van der Waals surface area contributed by atoms with Crippen LogP contribution >= 0.6 is 11.3 Å². The zero-order valence-electron chi connectivity index (χ0n) is 24.2. The number of carbonyl (C=O) groups is 2. The Morgan fingerprint density at radius 3 is 2.55 bits per heavy atom. The molecule has 2 aromatic heterocycles. The van der Waals surface area contributed by atoms with Gasteiger partial charge in [0.2, 0.25) is 5.91 Å². The molecule has 15 heteroatoms. The van der Waals surface area contributed by atoms with Gasteiger partial charge in [-0.2, -0.15) is 8.42 Å². The minimum atomic E-state index is -3.84. The third-order valence-electron chi connectivity index (χ3n) is 6.42. The molecule has 4 rings (SSSR count). The average Bonchev–Trinajstić information content (AvgIpc) is 3.56. The number of ether oxygens (including phenoxy) is 1. The molecule has 0 radical (unpaired) electrons. The van der Waals surface area contributed by atoms with Crippen LogP contribution in [-0.4, -0.2) is 65.9 Å². The van der Waals surface area contributed by atoms with Crippen LogP contribution in [0.2, 0.25) is 0 Å². The molecule has 3 heterocycles. The van der Waals surface area contributed by atoms with Gasteiger partial charge in [-0.3, -0.25) is 18.3 Å². The Bertz CT molecular complexity index is 1600. The van der Waals surface area contributed by atoms with E-state index in [9.17, 15) is 22.8 Å². The predicted octanol–water partition coefficient (Wildman–Crippen LogP) is 2.70. The smallest absolute Gasteiger partial charge is 0.407 e. The van der Waals surface area contributed by atoms with Crippen molar-refractivity contribution < 1.29 is 26.9 Å². The van der Waals surface area contributed by atoms with Crippen LogP contribution in [-0.2, 0) is 37.0 Å². The average molecular weight is 621 g/mol. The number of rotatable bonds is 10. The van der Waals surface area contributed by atoms with Crippen LogP contribution in [0.15, 0.2) is 35.1 Å². The maximum atomic E-state index is 13.7. The second-order valence-corrected chi connectivity index (χ2v) is 13.7. The van der Waals surface area contributed by atoms with E-state index in [0.29, 0.717) is 29.5 Å². The molecule has 228 valence electrons. The summed E-state index contributed by atoms with van der Waals surface area (Å²) < 4.78 is 35.0. The van der Waals surface area contributed by atoms with Gasteiger partial charge in [0, 0.05) is 19.6 Å². The summed E-state index contributed by atoms with van der Waals surface area (Å²) in [5, 5.41) is 6.08.